The van der Waals surface area contributed by atoms with Crippen molar-refractivity contribution in [2.75, 3.05) is 24.7 Å². The molecule has 0 saturated carbocycles. The van der Waals surface area contributed by atoms with Gasteiger partial charge in [-0.2, -0.15) is 0 Å². The molecule has 2 amide bonds. The monoisotopic (exact) mass is 286 g/mol. The molecule has 19 heavy (non-hydrogen) atoms. The third-order valence-corrected chi connectivity index (χ3v) is 4.65. The van der Waals surface area contributed by atoms with Gasteiger partial charge in [0.05, 0.1) is 11.8 Å². The van der Waals surface area contributed by atoms with E-state index in [4.69, 9.17) is 5.11 Å². The van der Waals surface area contributed by atoms with Crippen molar-refractivity contribution in [1.29, 1.82) is 0 Å². The van der Waals surface area contributed by atoms with Gasteiger partial charge in [-0.1, -0.05) is 6.92 Å². The van der Waals surface area contributed by atoms with Crippen molar-refractivity contribution in [2.24, 2.45) is 5.92 Å². The smallest absolute Gasteiger partial charge is 0.308 e. The van der Waals surface area contributed by atoms with Crippen molar-refractivity contribution < 1.29 is 19.5 Å². The number of aliphatic carboxylic acids is 1. The highest BCUT2D eigenvalue weighted by Gasteiger charge is 2.39. The van der Waals surface area contributed by atoms with Crippen LogP contribution in [0.15, 0.2) is 0 Å². The number of thioether (sulfide) groups is 1. The zero-order valence-corrected chi connectivity index (χ0v) is 11.7. The van der Waals surface area contributed by atoms with Crippen molar-refractivity contribution in [1.82, 2.24) is 9.80 Å². The number of carboxylic acid groups (broad SMARTS) is 1. The number of nitrogens with zero attached hydrogens (tertiary/aromatic N) is 2. The molecule has 2 aliphatic heterocycles. The maximum absolute atomic E-state index is 12.4. The van der Waals surface area contributed by atoms with Crippen LogP contribution in [-0.2, 0) is 14.4 Å². The van der Waals surface area contributed by atoms with E-state index in [1.807, 2.05) is 0 Å². The Morgan fingerprint density at radius 3 is 2.68 bits per heavy atom. The summed E-state index contributed by atoms with van der Waals surface area (Å²) in [6.45, 7) is 2.53. The van der Waals surface area contributed by atoms with Crippen molar-refractivity contribution in [3.63, 3.8) is 0 Å². The molecule has 2 fully saturated rings. The van der Waals surface area contributed by atoms with E-state index in [1.165, 1.54) is 0 Å². The molecule has 2 aliphatic rings. The quantitative estimate of drug-likeness (QED) is 0.803. The highest BCUT2D eigenvalue weighted by atomic mass is 32.2. The average molecular weight is 286 g/mol. The molecular formula is C12H18N2O4S. The molecule has 1 N–H and O–H groups in total. The number of hydrogen-bond acceptors (Lipinski definition) is 4. The van der Waals surface area contributed by atoms with E-state index in [0.29, 0.717) is 31.0 Å². The number of likely N-dealkylation sites (tertiary alicyclic amines) is 1. The molecule has 0 aromatic carbocycles. The fraction of sp³-hybridized carbons (Fsp3) is 0.750. The first-order valence-electron chi connectivity index (χ1n) is 6.43. The van der Waals surface area contributed by atoms with Crippen molar-refractivity contribution in [2.45, 2.75) is 25.8 Å². The maximum atomic E-state index is 12.4. The van der Waals surface area contributed by atoms with Crippen LogP contribution in [0.25, 0.3) is 0 Å². The number of carboxylic acids is 1. The van der Waals surface area contributed by atoms with E-state index in [1.54, 1.807) is 28.5 Å². The minimum absolute atomic E-state index is 0.0164. The molecule has 2 saturated heterocycles. The fourth-order valence-electron chi connectivity index (χ4n) is 2.47. The Balaban J connectivity index is 2.00. The first-order chi connectivity index (χ1) is 9.04. The van der Waals surface area contributed by atoms with Crippen molar-refractivity contribution in [3.05, 3.63) is 0 Å². The molecule has 2 atom stereocenters. The molecule has 6 nitrogen and oxygen atoms in total. The standard InChI is InChI=1S/C12H18N2O4S/c1-2-10(15)14-7-19-6-9(14)11(16)13-4-3-8(5-13)12(17)18/h8-9H,2-7H2,1H3,(H,17,18). The molecule has 0 bridgehead atoms. The van der Waals surface area contributed by atoms with Crippen LogP contribution in [0.3, 0.4) is 0 Å². The molecule has 7 heteroatoms. The van der Waals surface area contributed by atoms with Crippen LogP contribution in [-0.4, -0.2) is 63.5 Å². The summed E-state index contributed by atoms with van der Waals surface area (Å²) in [6, 6.07) is -0.412. The summed E-state index contributed by atoms with van der Waals surface area (Å²) in [5, 5.41) is 8.95. The van der Waals surface area contributed by atoms with Crippen LogP contribution in [0.4, 0.5) is 0 Å². The molecular weight excluding hydrogens is 268 g/mol. The summed E-state index contributed by atoms with van der Waals surface area (Å²) in [4.78, 5) is 38.2. The van der Waals surface area contributed by atoms with Crippen LogP contribution in [0.5, 0.6) is 0 Å². The second-order valence-electron chi connectivity index (χ2n) is 4.84. The van der Waals surface area contributed by atoms with Crippen LogP contribution in [0.1, 0.15) is 19.8 Å². The van der Waals surface area contributed by atoms with Crippen LogP contribution in [0, 0.1) is 5.92 Å². The van der Waals surface area contributed by atoms with Gasteiger partial charge in [-0.25, -0.2) is 0 Å². The molecule has 0 aliphatic carbocycles. The summed E-state index contributed by atoms with van der Waals surface area (Å²) < 4.78 is 0. The number of amides is 2. The van der Waals surface area contributed by atoms with E-state index in [2.05, 4.69) is 0 Å². The van der Waals surface area contributed by atoms with Gasteiger partial charge in [0.2, 0.25) is 11.8 Å². The molecule has 2 unspecified atom stereocenters. The number of carbonyl (C=O) groups is 3. The highest BCUT2D eigenvalue weighted by Crippen LogP contribution is 2.25. The predicted octanol–water partition coefficient (Wildman–Crippen LogP) is 0.231. The number of hydrogen-bond donors (Lipinski definition) is 1. The Hall–Kier alpha value is -1.24. The summed E-state index contributed by atoms with van der Waals surface area (Å²) in [6.07, 6.45) is 0.894. The minimum atomic E-state index is -0.849. The van der Waals surface area contributed by atoms with Crippen LogP contribution >= 0.6 is 11.8 Å². The average Bonchev–Trinajstić information content (AvgIpc) is 3.05. The van der Waals surface area contributed by atoms with E-state index >= 15 is 0 Å². The summed E-state index contributed by atoms with van der Waals surface area (Å²) in [5.74, 6) is -0.267. The summed E-state index contributed by atoms with van der Waals surface area (Å²) in [7, 11) is 0. The van der Waals surface area contributed by atoms with Gasteiger partial charge in [0, 0.05) is 25.3 Å². The van der Waals surface area contributed by atoms with Gasteiger partial charge in [0.1, 0.15) is 6.04 Å². The van der Waals surface area contributed by atoms with E-state index in [0.717, 1.165) is 0 Å². The van der Waals surface area contributed by atoms with Gasteiger partial charge in [0.15, 0.2) is 0 Å². The van der Waals surface area contributed by atoms with E-state index in [9.17, 15) is 14.4 Å². The third kappa shape index (κ3) is 2.86. The van der Waals surface area contributed by atoms with Gasteiger partial charge in [-0.3, -0.25) is 14.4 Å². The maximum Gasteiger partial charge on any atom is 0.308 e. The van der Waals surface area contributed by atoms with Crippen LogP contribution in [0.2, 0.25) is 0 Å². The first-order valence-corrected chi connectivity index (χ1v) is 7.58. The lowest BCUT2D eigenvalue weighted by Crippen LogP contribution is -2.48. The fourth-order valence-corrected chi connectivity index (χ4v) is 3.64. The van der Waals surface area contributed by atoms with Crippen LogP contribution < -0.4 is 0 Å². The van der Waals surface area contributed by atoms with Crippen molar-refractivity contribution in [3.8, 4) is 0 Å². The summed E-state index contributed by atoms with van der Waals surface area (Å²) in [5.41, 5.74) is 0. The third-order valence-electron chi connectivity index (χ3n) is 3.64. The number of rotatable bonds is 3. The summed E-state index contributed by atoms with van der Waals surface area (Å²) >= 11 is 1.57. The molecule has 0 aromatic heterocycles. The zero-order chi connectivity index (χ0) is 14.0. The van der Waals surface area contributed by atoms with Gasteiger partial charge in [-0.15, -0.1) is 11.8 Å². The second kappa shape index (κ2) is 5.81. The lowest BCUT2D eigenvalue weighted by atomic mass is 10.1. The zero-order valence-electron chi connectivity index (χ0n) is 10.9. The molecule has 2 rings (SSSR count). The predicted molar refractivity (Wildman–Crippen MR) is 70.6 cm³/mol. The first kappa shape index (κ1) is 14.2. The largest absolute Gasteiger partial charge is 0.481 e. The normalized spacial score (nSPS) is 26.8. The van der Waals surface area contributed by atoms with E-state index < -0.39 is 17.9 Å². The topological polar surface area (TPSA) is 77.9 Å². The molecule has 106 valence electrons. The Bertz CT molecular complexity index is 401. The molecule has 0 spiro atoms. The molecule has 2 heterocycles. The second-order valence-corrected chi connectivity index (χ2v) is 5.84. The lowest BCUT2D eigenvalue weighted by molar-refractivity contribution is -0.144. The highest BCUT2D eigenvalue weighted by molar-refractivity contribution is 7.99. The Morgan fingerprint density at radius 2 is 2.11 bits per heavy atom. The van der Waals surface area contributed by atoms with Gasteiger partial charge in [0.25, 0.3) is 0 Å². The molecule has 0 radical (unpaired) electrons. The number of carbonyl (C=O) groups excluding carboxylic acids is 2. The Labute approximate surface area is 116 Å². The Morgan fingerprint density at radius 1 is 1.37 bits per heavy atom. The van der Waals surface area contributed by atoms with Crippen molar-refractivity contribution >= 4 is 29.5 Å². The SMILES string of the molecule is CCC(=O)N1CSCC1C(=O)N1CCC(C(=O)O)C1. The van der Waals surface area contributed by atoms with Gasteiger partial charge >= 0.3 is 5.97 Å². The lowest BCUT2D eigenvalue weighted by Gasteiger charge is -2.26. The van der Waals surface area contributed by atoms with Gasteiger partial charge < -0.3 is 14.9 Å². The van der Waals surface area contributed by atoms with E-state index in [-0.39, 0.29) is 18.4 Å². The minimum Gasteiger partial charge on any atom is -0.481 e. The van der Waals surface area contributed by atoms with Gasteiger partial charge in [-0.05, 0) is 6.42 Å². The molecule has 0 aromatic rings. The Kier molecular flexibility index (Phi) is 4.34.